The maximum atomic E-state index is 5.44. The highest BCUT2D eigenvalue weighted by Gasteiger charge is 2.32. The molecule has 0 aromatic rings. The number of ether oxygens (including phenoxy) is 1. The van der Waals surface area contributed by atoms with E-state index in [-0.39, 0.29) is 0 Å². The van der Waals surface area contributed by atoms with Crippen molar-refractivity contribution >= 4 is 0 Å². The molecule has 0 radical (unpaired) electrons. The lowest BCUT2D eigenvalue weighted by Gasteiger charge is -2.36. The zero-order chi connectivity index (χ0) is 12.4. The molecular weight excluding hydrogens is 224 g/mol. The van der Waals surface area contributed by atoms with Crippen molar-refractivity contribution in [2.75, 3.05) is 20.2 Å². The molecule has 2 aliphatic carbocycles. The van der Waals surface area contributed by atoms with Crippen LogP contribution in [0, 0.1) is 0 Å². The van der Waals surface area contributed by atoms with Gasteiger partial charge in [0.1, 0.15) is 0 Å². The van der Waals surface area contributed by atoms with Crippen LogP contribution in [-0.4, -0.2) is 49.3 Å². The average Bonchev–Trinajstić information content (AvgIpc) is 3.25. The summed E-state index contributed by atoms with van der Waals surface area (Å²) >= 11 is 0. The Hall–Kier alpha value is -0.120. The van der Waals surface area contributed by atoms with Gasteiger partial charge in [-0.05, 0) is 64.5 Å². The third-order valence-corrected chi connectivity index (χ3v) is 5.07. The van der Waals surface area contributed by atoms with E-state index in [1.54, 1.807) is 0 Å². The first kappa shape index (κ1) is 12.9. The molecule has 1 saturated heterocycles. The van der Waals surface area contributed by atoms with Gasteiger partial charge >= 0.3 is 0 Å². The zero-order valence-corrected chi connectivity index (χ0v) is 11.7. The molecule has 3 rings (SSSR count). The quantitative estimate of drug-likeness (QED) is 0.830. The van der Waals surface area contributed by atoms with Crippen molar-refractivity contribution in [2.24, 2.45) is 0 Å². The van der Waals surface area contributed by atoms with Gasteiger partial charge in [-0.15, -0.1) is 0 Å². The van der Waals surface area contributed by atoms with Gasteiger partial charge < -0.3 is 15.0 Å². The predicted molar refractivity (Wildman–Crippen MR) is 73.8 cm³/mol. The van der Waals surface area contributed by atoms with Crippen LogP contribution in [0.1, 0.15) is 51.4 Å². The van der Waals surface area contributed by atoms with Crippen molar-refractivity contribution in [1.82, 2.24) is 10.2 Å². The maximum absolute atomic E-state index is 5.44. The number of nitrogens with one attached hydrogen (secondary N) is 1. The largest absolute Gasteiger partial charge is 0.381 e. The second-order valence-electron chi connectivity index (χ2n) is 6.42. The molecule has 0 spiro atoms. The number of likely N-dealkylation sites (tertiary alicyclic amines) is 1. The van der Waals surface area contributed by atoms with Crippen molar-refractivity contribution in [3.8, 4) is 0 Å². The molecule has 3 aliphatic rings. The second kappa shape index (κ2) is 5.89. The van der Waals surface area contributed by atoms with Crippen LogP contribution in [-0.2, 0) is 4.74 Å². The Labute approximate surface area is 111 Å². The summed E-state index contributed by atoms with van der Waals surface area (Å²) in [6.07, 6.45) is 11.3. The molecule has 18 heavy (non-hydrogen) atoms. The number of hydrogen-bond donors (Lipinski definition) is 1. The molecule has 1 heterocycles. The summed E-state index contributed by atoms with van der Waals surface area (Å²) in [6.45, 7) is 2.66. The Morgan fingerprint density at radius 2 is 1.44 bits per heavy atom. The molecule has 1 aliphatic heterocycles. The van der Waals surface area contributed by atoms with Crippen LogP contribution < -0.4 is 5.32 Å². The molecule has 0 atom stereocenters. The molecule has 0 unspecified atom stereocenters. The molecule has 1 N–H and O–H groups in total. The van der Waals surface area contributed by atoms with Crippen LogP contribution in [0.25, 0.3) is 0 Å². The monoisotopic (exact) mass is 252 g/mol. The van der Waals surface area contributed by atoms with Crippen molar-refractivity contribution in [3.63, 3.8) is 0 Å². The standard InChI is InChI=1S/C15H28N2O/c1-18-15-6-2-12(3-7-15)16-13-8-10-17(11-9-13)14-4-5-14/h12-16H,2-11H2,1H3. The highest BCUT2D eigenvalue weighted by molar-refractivity contribution is 4.90. The summed E-state index contributed by atoms with van der Waals surface area (Å²) in [6, 6.07) is 2.50. The van der Waals surface area contributed by atoms with Gasteiger partial charge in [0.15, 0.2) is 0 Å². The van der Waals surface area contributed by atoms with Crippen molar-refractivity contribution in [2.45, 2.75) is 75.6 Å². The first-order valence-corrected chi connectivity index (χ1v) is 7.88. The minimum absolute atomic E-state index is 0.528. The number of rotatable bonds is 4. The van der Waals surface area contributed by atoms with Gasteiger partial charge in [0, 0.05) is 25.2 Å². The Bertz CT molecular complexity index is 251. The van der Waals surface area contributed by atoms with Gasteiger partial charge in [-0.1, -0.05) is 0 Å². The molecule has 104 valence electrons. The van der Waals surface area contributed by atoms with E-state index in [0.29, 0.717) is 6.10 Å². The molecule has 0 aromatic carbocycles. The summed E-state index contributed by atoms with van der Waals surface area (Å²) in [7, 11) is 1.85. The van der Waals surface area contributed by atoms with E-state index in [1.807, 2.05) is 7.11 Å². The summed E-state index contributed by atoms with van der Waals surface area (Å²) in [5, 5.41) is 3.90. The van der Waals surface area contributed by atoms with E-state index in [9.17, 15) is 0 Å². The number of nitrogens with zero attached hydrogens (tertiary/aromatic N) is 1. The smallest absolute Gasteiger partial charge is 0.0572 e. The van der Waals surface area contributed by atoms with Crippen LogP contribution in [0.3, 0.4) is 0 Å². The normalized spacial score (nSPS) is 35.8. The Kier molecular flexibility index (Phi) is 4.22. The van der Waals surface area contributed by atoms with Gasteiger partial charge in [-0.2, -0.15) is 0 Å². The number of hydrogen-bond acceptors (Lipinski definition) is 3. The summed E-state index contributed by atoms with van der Waals surface area (Å²) in [5.41, 5.74) is 0. The Balaban J connectivity index is 1.36. The van der Waals surface area contributed by atoms with E-state index < -0.39 is 0 Å². The lowest BCUT2D eigenvalue weighted by molar-refractivity contribution is 0.0592. The minimum Gasteiger partial charge on any atom is -0.381 e. The average molecular weight is 252 g/mol. The number of methoxy groups -OCH3 is 1. The van der Waals surface area contributed by atoms with Crippen molar-refractivity contribution < 1.29 is 4.74 Å². The molecule has 3 nitrogen and oxygen atoms in total. The maximum Gasteiger partial charge on any atom is 0.0572 e. The summed E-state index contributed by atoms with van der Waals surface area (Å²) in [5.74, 6) is 0. The van der Waals surface area contributed by atoms with Gasteiger partial charge in [0.05, 0.1) is 6.10 Å². The minimum atomic E-state index is 0.528. The summed E-state index contributed by atoms with van der Waals surface area (Å²) in [4.78, 5) is 2.71. The molecule has 0 amide bonds. The Morgan fingerprint density at radius 3 is 2.00 bits per heavy atom. The van der Waals surface area contributed by atoms with Gasteiger partial charge in [0.25, 0.3) is 0 Å². The second-order valence-corrected chi connectivity index (χ2v) is 6.42. The van der Waals surface area contributed by atoms with E-state index in [1.165, 1.54) is 64.5 Å². The fourth-order valence-corrected chi connectivity index (χ4v) is 3.67. The fraction of sp³-hybridized carbons (Fsp3) is 1.00. The van der Waals surface area contributed by atoms with Crippen LogP contribution in [0.15, 0.2) is 0 Å². The lowest BCUT2D eigenvalue weighted by atomic mass is 9.91. The van der Waals surface area contributed by atoms with Crippen LogP contribution >= 0.6 is 0 Å². The molecule has 2 saturated carbocycles. The predicted octanol–water partition coefficient (Wildman–Crippen LogP) is 2.16. The first-order chi connectivity index (χ1) is 8.85. The van der Waals surface area contributed by atoms with E-state index >= 15 is 0 Å². The molecule has 3 heteroatoms. The SMILES string of the molecule is COC1CCC(NC2CCN(C3CC3)CC2)CC1. The molecule has 0 bridgehead atoms. The van der Waals surface area contributed by atoms with E-state index in [2.05, 4.69) is 10.2 Å². The highest BCUT2D eigenvalue weighted by atomic mass is 16.5. The van der Waals surface area contributed by atoms with Crippen LogP contribution in [0.5, 0.6) is 0 Å². The third kappa shape index (κ3) is 3.25. The van der Waals surface area contributed by atoms with Gasteiger partial charge in [-0.25, -0.2) is 0 Å². The van der Waals surface area contributed by atoms with Gasteiger partial charge in [0.2, 0.25) is 0 Å². The van der Waals surface area contributed by atoms with Gasteiger partial charge in [-0.3, -0.25) is 0 Å². The Morgan fingerprint density at radius 1 is 0.833 bits per heavy atom. The molecular formula is C15H28N2O. The van der Waals surface area contributed by atoms with Crippen molar-refractivity contribution in [1.29, 1.82) is 0 Å². The van der Waals surface area contributed by atoms with Crippen molar-refractivity contribution in [3.05, 3.63) is 0 Å². The van der Waals surface area contributed by atoms with E-state index in [0.717, 1.165) is 18.1 Å². The van der Waals surface area contributed by atoms with Crippen LogP contribution in [0.4, 0.5) is 0 Å². The third-order valence-electron chi connectivity index (χ3n) is 5.07. The van der Waals surface area contributed by atoms with Crippen LogP contribution in [0.2, 0.25) is 0 Å². The number of piperidine rings is 1. The lowest BCUT2D eigenvalue weighted by Crippen LogP contribution is -2.47. The first-order valence-electron chi connectivity index (χ1n) is 7.88. The molecule has 0 aromatic heterocycles. The topological polar surface area (TPSA) is 24.5 Å². The summed E-state index contributed by atoms with van der Waals surface area (Å²) < 4.78 is 5.44. The molecule has 3 fully saturated rings. The zero-order valence-electron chi connectivity index (χ0n) is 11.7. The highest BCUT2D eigenvalue weighted by Crippen LogP contribution is 2.30. The van der Waals surface area contributed by atoms with E-state index in [4.69, 9.17) is 4.74 Å². The fourth-order valence-electron chi connectivity index (χ4n) is 3.67.